The van der Waals surface area contributed by atoms with Gasteiger partial charge in [0.05, 0.1) is 17.8 Å². The molecule has 0 unspecified atom stereocenters. The van der Waals surface area contributed by atoms with Crippen LogP contribution in [0.4, 0.5) is 0 Å². The number of carbonyl (C=O) groups is 1. The summed E-state index contributed by atoms with van der Waals surface area (Å²) in [5.74, 6) is 1.06. The molecular weight excluding hydrogens is 316 g/mol. The highest BCUT2D eigenvalue weighted by atomic mass is 35.5. The van der Waals surface area contributed by atoms with Crippen molar-refractivity contribution in [1.82, 2.24) is 20.0 Å². The van der Waals surface area contributed by atoms with Crippen LogP contribution in [0.1, 0.15) is 35.6 Å². The zero-order valence-electron chi connectivity index (χ0n) is 13.0. The number of furan rings is 1. The topological polar surface area (TPSA) is 63.3 Å². The van der Waals surface area contributed by atoms with E-state index in [0.717, 1.165) is 31.8 Å². The van der Waals surface area contributed by atoms with E-state index in [2.05, 4.69) is 15.3 Å². The van der Waals surface area contributed by atoms with E-state index in [1.807, 2.05) is 6.07 Å². The minimum absolute atomic E-state index is 0.170. The van der Waals surface area contributed by atoms with Crippen LogP contribution >= 0.6 is 11.6 Å². The van der Waals surface area contributed by atoms with Crippen LogP contribution in [-0.4, -0.2) is 40.2 Å². The van der Waals surface area contributed by atoms with Gasteiger partial charge in [0.1, 0.15) is 5.76 Å². The van der Waals surface area contributed by atoms with E-state index in [9.17, 15) is 4.79 Å². The number of aryl methyl sites for hydroxylation is 1. The van der Waals surface area contributed by atoms with Crippen molar-refractivity contribution in [3.63, 3.8) is 0 Å². The van der Waals surface area contributed by atoms with Crippen molar-refractivity contribution in [2.24, 2.45) is 0 Å². The average Bonchev–Trinajstić information content (AvgIpc) is 3.26. The Hall–Kier alpha value is -1.79. The van der Waals surface area contributed by atoms with Gasteiger partial charge in [0.2, 0.25) is 0 Å². The van der Waals surface area contributed by atoms with Crippen molar-refractivity contribution < 1.29 is 9.21 Å². The first-order valence-corrected chi connectivity index (χ1v) is 8.36. The molecule has 1 N–H and O–H groups in total. The van der Waals surface area contributed by atoms with Gasteiger partial charge in [-0.15, -0.1) is 0 Å². The lowest BCUT2D eigenvalue weighted by molar-refractivity contribution is 0.0921. The molecular formula is C16H21ClN4O2. The molecule has 1 fully saturated rings. The van der Waals surface area contributed by atoms with Crippen LogP contribution in [0.25, 0.3) is 0 Å². The Morgan fingerprint density at radius 2 is 2.17 bits per heavy atom. The molecule has 0 aliphatic carbocycles. The Bertz CT molecular complexity index is 646. The SMILES string of the molecule is O=C(NCCCn1cc(Cl)cn1)c1ccc(CN2CCCC2)o1. The molecule has 1 aliphatic heterocycles. The Balaban J connectivity index is 1.40. The molecule has 2 aromatic heterocycles. The average molecular weight is 337 g/mol. The second kappa shape index (κ2) is 7.66. The van der Waals surface area contributed by atoms with E-state index in [1.165, 1.54) is 12.8 Å². The number of amides is 1. The van der Waals surface area contributed by atoms with Gasteiger partial charge in [0, 0.05) is 19.3 Å². The molecule has 7 heteroatoms. The van der Waals surface area contributed by atoms with Crippen LogP contribution in [0.15, 0.2) is 28.9 Å². The van der Waals surface area contributed by atoms with E-state index >= 15 is 0 Å². The van der Waals surface area contributed by atoms with Crippen LogP contribution in [0.3, 0.4) is 0 Å². The summed E-state index contributed by atoms with van der Waals surface area (Å²) in [6.07, 6.45) is 6.64. The number of halogens is 1. The minimum atomic E-state index is -0.170. The minimum Gasteiger partial charge on any atom is -0.455 e. The zero-order chi connectivity index (χ0) is 16.1. The van der Waals surface area contributed by atoms with Crippen LogP contribution < -0.4 is 5.32 Å². The molecule has 1 amide bonds. The first-order chi connectivity index (χ1) is 11.2. The van der Waals surface area contributed by atoms with Gasteiger partial charge in [0.25, 0.3) is 5.91 Å². The maximum absolute atomic E-state index is 12.0. The molecule has 23 heavy (non-hydrogen) atoms. The van der Waals surface area contributed by atoms with Crippen LogP contribution in [0, 0.1) is 0 Å². The lowest BCUT2D eigenvalue weighted by atomic mass is 10.3. The summed E-state index contributed by atoms with van der Waals surface area (Å²) in [5.41, 5.74) is 0. The summed E-state index contributed by atoms with van der Waals surface area (Å²) < 4.78 is 7.40. The summed E-state index contributed by atoms with van der Waals surface area (Å²) in [4.78, 5) is 14.4. The zero-order valence-corrected chi connectivity index (χ0v) is 13.8. The molecule has 0 radical (unpaired) electrons. The van der Waals surface area contributed by atoms with Crippen molar-refractivity contribution in [3.05, 3.63) is 41.1 Å². The lowest BCUT2D eigenvalue weighted by Crippen LogP contribution is -2.25. The summed E-state index contributed by atoms with van der Waals surface area (Å²) in [6, 6.07) is 3.63. The number of carbonyl (C=O) groups excluding carboxylic acids is 1. The van der Waals surface area contributed by atoms with Gasteiger partial charge in [-0.05, 0) is 44.5 Å². The van der Waals surface area contributed by atoms with Crippen molar-refractivity contribution in [2.75, 3.05) is 19.6 Å². The van der Waals surface area contributed by atoms with E-state index in [0.29, 0.717) is 23.9 Å². The second-order valence-electron chi connectivity index (χ2n) is 5.78. The fraction of sp³-hybridized carbons (Fsp3) is 0.500. The maximum Gasteiger partial charge on any atom is 0.286 e. The Morgan fingerprint density at radius 3 is 2.91 bits per heavy atom. The van der Waals surface area contributed by atoms with Gasteiger partial charge in [-0.2, -0.15) is 5.10 Å². The third-order valence-electron chi connectivity index (χ3n) is 3.91. The third kappa shape index (κ3) is 4.59. The highest BCUT2D eigenvalue weighted by Crippen LogP contribution is 2.15. The molecule has 1 aliphatic rings. The quantitative estimate of drug-likeness (QED) is 0.789. The normalized spacial score (nSPS) is 15.2. The molecule has 0 atom stereocenters. The van der Waals surface area contributed by atoms with Crippen LogP contribution in [0.2, 0.25) is 5.02 Å². The summed E-state index contributed by atoms with van der Waals surface area (Å²) >= 11 is 5.80. The molecule has 2 aromatic rings. The van der Waals surface area contributed by atoms with Crippen LogP contribution in [0.5, 0.6) is 0 Å². The second-order valence-corrected chi connectivity index (χ2v) is 6.22. The molecule has 1 saturated heterocycles. The van der Waals surface area contributed by atoms with Gasteiger partial charge in [0.15, 0.2) is 5.76 Å². The van der Waals surface area contributed by atoms with Gasteiger partial charge < -0.3 is 9.73 Å². The number of likely N-dealkylation sites (tertiary alicyclic amines) is 1. The monoisotopic (exact) mass is 336 g/mol. The molecule has 0 spiro atoms. The van der Waals surface area contributed by atoms with Crippen molar-refractivity contribution in [3.8, 4) is 0 Å². The smallest absolute Gasteiger partial charge is 0.286 e. The van der Waals surface area contributed by atoms with Gasteiger partial charge in [-0.1, -0.05) is 11.6 Å². The van der Waals surface area contributed by atoms with Crippen molar-refractivity contribution in [1.29, 1.82) is 0 Å². The number of hydrogen-bond acceptors (Lipinski definition) is 4. The number of aromatic nitrogens is 2. The molecule has 124 valence electrons. The lowest BCUT2D eigenvalue weighted by Gasteiger charge is -2.11. The van der Waals surface area contributed by atoms with E-state index < -0.39 is 0 Å². The highest BCUT2D eigenvalue weighted by Gasteiger charge is 2.15. The van der Waals surface area contributed by atoms with Crippen molar-refractivity contribution in [2.45, 2.75) is 32.4 Å². The van der Waals surface area contributed by atoms with E-state index in [1.54, 1.807) is 23.1 Å². The summed E-state index contributed by atoms with van der Waals surface area (Å²) in [7, 11) is 0. The maximum atomic E-state index is 12.0. The summed E-state index contributed by atoms with van der Waals surface area (Å²) in [5, 5.41) is 7.57. The Kier molecular flexibility index (Phi) is 5.35. The largest absolute Gasteiger partial charge is 0.455 e. The highest BCUT2D eigenvalue weighted by molar-refractivity contribution is 6.30. The number of nitrogens with zero attached hydrogens (tertiary/aromatic N) is 3. The van der Waals surface area contributed by atoms with Gasteiger partial charge in [-0.25, -0.2) is 0 Å². The van der Waals surface area contributed by atoms with Crippen molar-refractivity contribution >= 4 is 17.5 Å². The number of hydrogen-bond donors (Lipinski definition) is 1. The Labute approximate surface area is 140 Å². The molecule has 0 bridgehead atoms. The predicted octanol–water partition coefficient (Wildman–Crippen LogP) is 2.55. The first kappa shape index (κ1) is 16.1. The summed E-state index contributed by atoms with van der Waals surface area (Å²) in [6.45, 7) is 4.29. The third-order valence-corrected chi connectivity index (χ3v) is 4.11. The van der Waals surface area contributed by atoms with Crippen LogP contribution in [-0.2, 0) is 13.1 Å². The van der Waals surface area contributed by atoms with E-state index in [-0.39, 0.29) is 5.91 Å². The number of rotatable bonds is 7. The first-order valence-electron chi connectivity index (χ1n) is 7.98. The molecule has 6 nitrogen and oxygen atoms in total. The van der Waals surface area contributed by atoms with E-state index in [4.69, 9.17) is 16.0 Å². The fourth-order valence-electron chi connectivity index (χ4n) is 2.74. The molecule has 0 saturated carbocycles. The molecule has 0 aromatic carbocycles. The van der Waals surface area contributed by atoms with Gasteiger partial charge >= 0.3 is 0 Å². The predicted molar refractivity (Wildman–Crippen MR) is 87.4 cm³/mol. The Morgan fingerprint density at radius 1 is 1.35 bits per heavy atom. The number of nitrogens with one attached hydrogen (secondary N) is 1. The standard InChI is InChI=1S/C16H21ClN4O2/c17-13-10-19-21(11-13)9-3-6-18-16(22)15-5-4-14(23-15)12-20-7-1-2-8-20/h4-5,10-11H,1-3,6-9,12H2,(H,18,22). The molecule has 3 heterocycles. The molecule has 3 rings (SSSR count). The fourth-order valence-corrected chi connectivity index (χ4v) is 2.89. The van der Waals surface area contributed by atoms with Gasteiger partial charge in [-0.3, -0.25) is 14.4 Å².